The predicted octanol–water partition coefficient (Wildman–Crippen LogP) is 3.39. The summed E-state index contributed by atoms with van der Waals surface area (Å²) in [5.74, 6) is 1.72. The average Bonchev–Trinajstić information content (AvgIpc) is 2.11. The molecule has 0 radical (unpaired) electrons. The van der Waals surface area contributed by atoms with Crippen molar-refractivity contribution in [3.05, 3.63) is 11.1 Å². The lowest BCUT2D eigenvalue weighted by atomic mass is 9.95. The lowest BCUT2D eigenvalue weighted by Crippen LogP contribution is -1.97. The summed E-state index contributed by atoms with van der Waals surface area (Å²) in [6.45, 7) is 9.19. The van der Waals surface area contributed by atoms with E-state index in [1.165, 1.54) is 12.8 Å². The van der Waals surface area contributed by atoms with Gasteiger partial charge in [-0.2, -0.15) is 0 Å². The van der Waals surface area contributed by atoms with E-state index < -0.39 is 0 Å². The van der Waals surface area contributed by atoms with Crippen LogP contribution in [-0.4, -0.2) is 0 Å². The first-order valence-corrected chi connectivity index (χ1v) is 4.30. The summed E-state index contributed by atoms with van der Waals surface area (Å²) in [4.78, 5) is 0. The molecule has 0 aromatic carbocycles. The van der Waals surface area contributed by atoms with Crippen LogP contribution < -0.4 is 0 Å². The van der Waals surface area contributed by atoms with Crippen LogP contribution in [0, 0.1) is 11.8 Å². The fraction of sp³-hybridized carbons (Fsp3) is 0.800. The van der Waals surface area contributed by atoms with Crippen LogP contribution in [0.2, 0.25) is 0 Å². The molecule has 1 rings (SSSR count). The van der Waals surface area contributed by atoms with Gasteiger partial charge in [-0.1, -0.05) is 25.0 Å². The molecule has 0 bridgehead atoms. The molecule has 1 aliphatic carbocycles. The topological polar surface area (TPSA) is 0 Å². The van der Waals surface area contributed by atoms with Gasteiger partial charge in [-0.25, -0.2) is 0 Å². The monoisotopic (exact) mass is 138 g/mol. The first-order chi connectivity index (χ1) is 4.63. The molecule has 0 heterocycles. The summed E-state index contributed by atoms with van der Waals surface area (Å²) in [5.41, 5.74) is 3.28. The summed E-state index contributed by atoms with van der Waals surface area (Å²) in [6, 6.07) is 0. The number of allylic oxidation sites excluding steroid dienone is 2. The van der Waals surface area contributed by atoms with Crippen molar-refractivity contribution in [2.75, 3.05) is 0 Å². The summed E-state index contributed by atoms with van der Waals surface area (Å²) in [7, 11) is 0. The third-order valence-corrected chi connectivity index (χ3v) is 2.67. The third-order valence-electron chi connectivity index (χ3n) is 2.67. The molecule has 2 atom stereocenters. The van der Waals surface area contributed by atoms with Crippen LogP contribution in [0.3, 0.4) is 0 Å². The van der Waals surface area contributed by atoms with Crippen LogP contribution in [0.5, 0.6) is 0 Å². The maximum absolute atomic E-state index is 2.35. The molecule has 0 aromatic heterocycles. The zero-order chi connectivity index (χ0) is 7.72. The molecule has 1 saturated carbocycles. The van der Waals surface area contributed by atoms with Gasteiger partial charge in [0.05, 0.1) is 0 Å². The summed E-state index contributed by atoms with van der Waals surface area (Å²) in [5, 5.41) is 0. The van der Waals surface area contributed by atoms with Crippen molar-refractivity contribution in [1.82, 2.24) is 0 Å². The molecule has 1 aliphatic rings. The van der Waals surface area contributed by atoms with Crippen molar-refractivity contribution in [1.29, 1.82) is 0 Å². The Morgan fingerprint density at radius 2 is 1.50 bits per heavy atom. The zero-order valence-electron chi connectivity index (χ0n) is 7.57. The van der Waals surface area contributed by atoms with Crippen molar-refractivity contribution < 1.29 is 0 Å². The highest BCUT2D eigenvalue weighted by atomic mass is 14.3. The average molecular weight is 138 g/mol. The summed E-state index contributed by atoms with van der Waals surface area (Å²) < 4.78 is 0. The molecule has 0 spiro atoms. The van der Waals surface area contributed by atoms with Crippen LogP contribution in [0.1, 0.15) is 40.5 Å². The second kappa shape index (κ2) is 2.77. The lowest BCUT2D eigenvalue weighted by Gasteiger charge is -2.11. The second-order valence-corrected chi connectivity index (χ2v) is 3.83. The number of rotatable bonds is 0. The third kappa shape index (κ3) is 1.25. The Bertz CT molecular complexity index is 137. The van der Waals surface area contributed by atoms with Gasteiger partial charge in [0, 0.05) is 0 Å². The van der Waals surface area contributed by atoms with E-state index in [4.69, 9.17) is 0 Å². The maximum atomic E-state index is 2.35. The Kier molecular flexibility index (Phi) is 2.18. The highest BCUT2D eigenvalue weighted by Gasteiger charge is 2.23. The highest BCUT2D eigenvalue weighted by molar-refractivity contribution is 5.19. The van der Waals surface area contributed by atoms with E-state index in [1.807, 2.05) is 0 Å². The van der Waals surface area contributed by atoms with Gasteiger partial charge in [0.2, 0.25) is 0 Å². The Morgan fingerprint density at radius 3 is 1.70 bits per heavy atom. The number of hydrogen-bond acceptors (Lipinski definition) is 0. The lowest BCUT2D eigenvalue weighted by molar-refractivity contribution is 0.677. The Hall–Kier alpha value is -0.260. The first kappa shape index (κ1) is 7.84. The van der Waals surface area contributed by atoms with E-state index in [2.05, 4.69) is 27.7 Å². The van der Waals surface area contributed by atoms with Gasteiger partial charge < -0.3 is 0 Å². The second-order valence-electron chi connectivity index (χ2n) is 3.83. The molecule has 0 nitrogen and oxygen atoms in total. The fourth-order valence-corrected chi connectivity index (χ4v) is 2.28. The van der Waals surface area contributed by atoms with Gasteiger partial charge in [-0.05, 0) is 38.5 Å². The minimum absolute atomic E-state index is 0.861. The van der Waals surface area contributed by atoms with E-state index in [1.54, 1.807) is 11.1 Å². The van der Waals surface area contributed by atoms with Gasteiger partial charge in [0.1, 0.15) is 0 Å². The van der Waals surface area contributed by atoms with Gasteiger partial charge in [-0.15, -0.1) is 0 Å². The SMILES string of the molecule is CC(C)=C1[C@H](C)CC[C@H]1C. The Balaban J connectivity index is 2.82. The highest BCUT2D eigenvalue weighted by Crippen LogP contribution is 2.37. The molecule has 58 valence electrons. The molecule has 0 saturated heterocycles. The standard InChI is InChI=1S/C10H18/c1-7(2)10-8(3)5-6-9(10)4/h8-9H,5-6H2,1-4H3/t8-,9-/m1/s1. The summed E-state index contributed by atoms with van der Waals surface area (Å²) >= 11 is 0. The largest absolute Gasteiger partial charge is 0.0767 e. The predicted molar refractivity (Wildman–Crippen MR) is 45.9 cm³/mol. The maximum Gasteiger partial charge on any atom is -0.0226 e. The van der Waals surface area contributed by atoms with Crippen molar-refractivity contribution in [3.8, 4) is 0 Å². The van der Waals surface area contributed by atoms with E-state index in [-0.39, 0.29) is 0 Å². The van der Waals surface area contributed by atoms with Crippen LogP contribution in [0.4, 0.5) is 0 Å². The van der Waals surface area contributed by atoms with Gasteiger partial charge in [0.15, 0.2) is 0 Å². The van der Waals surface area contributed by atoms with Crippen LogP contribution in [0.15, 0.2) is 11.1 Å². The quantitative estimate of drug-likeness (QED) is 0.450. The van der Waals surface area contributed by atoms with E-state index >= 15 is 0 Å². The molecule has 0 amide bonds. The molecule has 1 fully saturated rings. The van der Waals surface area contributed by atoms with Gasteiger partial charge >= 0.3 is 0 Å². The van der Waals surface area contributed by atoms with Gasteiger partial charge in [-0.3, -0.25) is 0 Å². The summed E-state index contributed by atoms with van der Waals surface area (Å²) in [6.07, 6.45) is 2.81. The minimum atomic E-state index is 0.861. The molecule has 0 aliphatic heterocycles. The Labute approximate surface area is 64.3 Å². The molecule has 0 aromatic rings. The molecule has 0 heteroatoms. The zero-order valence-corrected chi connectivity index (χ0v) is 7.57. The van der Waals surface area contributed by atoms with E-state index in [9.17, 15) is 0 Å². The Morgan fingerprint density at radius 1 is 1.10 bits per heavy atom. The molecular formula is C10H18. The van der Waals surface area contributed by atoms with Crippen LogP contribution in [0.25, 0.3) is 0 Å². The first-order valence-electron chi connectivity index (χ1n) is 4.30. The van der Waals surface area contributed by atoms with E-state index in [0.29, 0.717) is 0 Å². The molecule has 0 N–H and O–H groups in total. The van der Waals surface area contributed by atoms with Gasteiger partial charge in [0.25, 0.3) is 0 Å². The smallest absolute Gasteiger partial charge is 0.0226 e. The molecule has 0 unspecified atom stereocenters. The molecule has 10 heavy (non-hydrogen) atoms. The van der Waals surface area contributed by atoms with E-state index in [0.717, 1.165) is 11.8 Å². The van der Waals surface area contributed by atoms with Crippen LogP contribution >= 0.6 is 0 Å². The fourth-order valence-electron chi connectivity index (χ4n) is 2.28. The number of hydrogen-bond donors (Lipinski definition) is 0. The molecular weight excluding hydrogens is 120 g/mol. The van der Waals surface area contributed by atoms with Crippen molar-refractivity contribution in [2.24, 2.45) is 11.8 Å². The normalized spacial score (nSPS) is 33.0. The van der Waals surface area contributed by atoms with Crippen LogP contribution in [-0.2, 0) is 0 Å². The van der Waals surface area contributed by atoms with Crippen molar-refractivity contribution >= 4 is 0 Å². The van der Waals surface area contributed by atoms with Crippen molar-refractivity contribution in [2.45, 2.75) is 40.5 Å². The van der Waals surface area contributed by atoms with Crippen molar-refractivity contribution in [3.63, 3.8) is 0 Å². The minimum Gasteiger partial charge on any atom is -0.0767 e.